The van der Waals surface area contributed by atoms with E-state index in [1.807, 2.05) is 18.2 Å². The van der Waals surface area contributed by atoms with E-state index in [0.717, 1.165) is 0 Å². The third-order valence-electron chi connectivity index (χ3n) is 2.09. The van der Waals surface area contributed by atoms with Crippen molar-refractivity contribution in [1.29, 1.82) is 0 Å². The van der Waals surface area contributed by atoms with Gasteiger partial charge < -0.3 is 9.73 Å². The normalized spacial score (nSPS) is 10.1. The maximum absolute atomic E-state index is 11.6. The third-order valence-corrected chi connectivity index (χ3v) is 2.29. The molecular formula is C12H10ClNO2. The third kappa shape index (κ3) is 2.64. The number of hydrogen-bond donors (Lipinski definition) is 1. The first-order valence-electron chi connectivity index (χ1n) is 4.83. The predicted molar refractivity (Wildman–Crippen MR) is 61.3 cm³/mol. The molecule has 0 unspecified atom stereocenters. The van der Waals surface area contributed by atoms with Crippen LogP contribution >= 0.6 is 11.6 Å². The molecule has 0 fully saturated rings. The van der Waals surface area contributed by atoms with Crippen LogP contribution < -0.4 is 5.32 Å². The zero-order valence-corrected chi connectivity index (χ0v) is 9.20. The van der Waals surface area contributed by atoms with Crippen LogP contribution in [0.15, 0.2) is 46.9 Å². The van der Waals surface area contributed by atoms with E-state index in [1.54, 1.807) is 24.3 Å². The first kappa shape index (κ1) is 10.8. The number of carbonyl (C=O) groups excluding carboxylic acids is 1. The number of furan rings is 1. The maximum atomic E-state index is 11.6. The molecule has 3 nitrogen and oxygen atoms in total. The zero-order valence-electron chi connectivity index (χ0n) is 8.44. The smallest absolute Gasteiger partial charge is 0.251 e. The summed E-state index contributed by atoms with van der Waals surface area (Å²) < 4.78 is 5.12. The van der Waals surface area contributed by atoms with Gasteiger partial charge in [0.1, 0.15) is 5.76 Å². The SMILES string of the molecule is O=C(NCc1ccc(Cl)o1)c1ccccc1. The summed E-state index contributed by atoms with van der Waals surface area (Å²) in [7, 11) is 0. The Kier molecular flexibility index (Phi) is 3.27. The summed E-state index contributed by atoms with van der Waals surface area (Å²) in [4.78, 5) is 11.6. The second-order valence-corrected chi connectivity index (χ2v) is 3.63. The van der Waals surface area contributed by atoms with E-state index in [-0.39, 0.29) is 5.91 Å². The number of rotatable bonds is 3. The summed E-state index contributed by atoms with van der Waals surface area (Å²) in [6, 6.07) is 12.4. The number of halogens is 1. The Morgan fingerprint density at radius 2 is 1.94 bits per heavy atom. The van der Waals surface area contributed by atoms with E-state index >= 15 is 0 Å². The molecule has 0 saturated heterocycles. The van der Waals surface area contributed by atoms with Crippen molar-refractivity contribution in [3.05, 3.63) is 59.0 Å². The second kappa shape index (κ2) is 4.86. The van der Waals surface area contributed by atoms with Gasteiger partial charge in [0.05, 0.1) is 6.54 Å². The standard InChI is InChI=1S/C12H10ClNO2/c13-11-7-6-10(16-11)8-14-12(15)9-4-2-1-3-5-9/h1-7H,8H2,(H,14,15). The summed E-state index contributed by atoms with van der Waals surface area (Å²) in [5.41, 5.74) is 0.625. The van der Waals surface area contributed by atoms with Gasteiger partial charge in [0.15, 0.2) is 5.22 Å². The lowest BCUT2D eigenvalue weighted by atomic mass is 10.2. The highest BCUT2D eigenvalue weighted by Gasteiger charge is 2.05. The summed E-state index contributed by atoms with van der Waals surface area (Å²) in [6.45, 7) is 0.334. The summed E-state index contributed by atoms with van der Waals surface area (Å²) >= 11 is 5.61. The van der Waals surface area contributed by atoms with Crippen LogP contribution in [0.4, 0.5) is 0 Å². The lowest BCUT2D eigenvalue weighted by Crippen LogP contribution is -2.22. The van der Waals surface area contributed by atoms with Crippen molar-refractivity contribution in [2.24, 2.45) is 0 Å². The molecule has 2 rings (SSSR count). The van der Waals surface area contributed by atoms with E-state index < -0.39 is 0 Å². The lowest BCUT2D eigenvalue weighted by molar-refractivity contribution is 0.0948. The fraction of sp³-hybridized carbons (Fsp3) is 0.0833. The van der Waals surface area contributed by atoms with Gasteiger partial charge in [0.25, 0.3) is 5.91 Å². The van der Waals surface area contributed by atoms with E-state index in [1.165, 1.54) is 0 Å². The van der Waals surface area contributed by atoms with Crippen LogP contribution in [-0.4, -0.2) is 5.91 Å². The molecule has 4 heteroatoms. The second-order valence-electron chi connectivity index (χ2n) is 3.25. The lowest BCUT2D eigenvalue weighted by Gasteiger charge is -2.02. The van der Waals surface area contributed by atoms with E-state index in [9.17, 15) is 4.79 Å². The van der Waals surface area contributed by atoms with Crippen LogP contribution in [0, 0.1) is 0 Å². The van der Waals surface area contributed by atoms with Gasteiger partial charge in [-0.05, 0) is 35.9 Å². The molecule has 2 aromatic rings. The molecule has 0 spiro atoms. The first-order valence-corrected chi connectivity index (χ1v) is 5.21. The fourth-order valence-electron chi connectivity index (χ4n) is 1.31. The first-order chi connectivity index (χ1) is 7.75. The van der Waals surface area contributed by atoms with Crippen LogP contribution in [0.2, 0.25) is 5.22 Å². The average Bonchev–Trinajstić information content (AvgIpc) is 2.73. The molecular weight excluding hydrogens is 226 g/mol. The predicted octanol–water partition coefficient (Wildman–Crippen LogP) is 2.86. The van der Waals surface area contributed by atoms with Crippen LogP contribution in [0.5, 0.6) is 0 Å². The minimum atomic E-state index is -0.131. The Bertz CT molecular complexity index is 479. The average molecular weight is 236 g/mol. The summed E-state index contributed by atoms with van der Waals surface area (Å²) in [6.07, 6.45) is 0. The highest BCUT2D eigenvalue weighted by molar-refractivity contribution is 6.28. The Labute approximate surface area is 98.0 Å². The van der Waals surface area contributed by atoms with Crippen molar-refractivity contribution >= 4 is 17.5 Å². The Morgan fingerprint density at radius 3 is 2.56 bits per heavy atom. The van der Waals surface area contributed by atoms with Crippen LogP contribution in [0.3, 0.4) is 0 Å². The van der Waals surface area contributed by atoms with Gasteiger partial charge >= 0.3 is 0 Å². The highest BCUT2D eigenvalue weighted by atomic mass is 35.5. The molecule has 1 amide bonds. The van der Waals surface area contributed by atoms with Crippen LogP contribution in [0.1, 0.15) is 16.1 Å². The Hall–Kier alpha value is -1.74. The minimum absolute atomic E-state index is 0.131. The van der Waals surface area contributed by atoms with Gasteiger partial charge in [0.2, 0.25) is 0 Å². The van der Waals surface area contributed by atoms with Crippen molar-refractivity contribution in [1.82, 2.24) is 5.32 Å². The molecule has 1 N–H and O–H groups in total. The molecule has 0 aliphatic carbocycles. The largest absolute Gasteiger partial charge is 0.448 e. The van der Waals surface area contributed by atoms with Gasteiger partial charge in [-0.25, -0.2) is 0 Å². The van der Waals surface area contributed by atoms with Crippen LogP contribution in [-0.2, 0) is 6.54 Å². The fourth-order valence-corrected chi connectivity index (χ4v) is 1.47. The molecule has 1 aromatic carbocycles. The number of amides is 1. The Balaban J connectivity index is 1.94. The summed E-state index contributed by atoms with van der Waals surface area (Å²) in [5.74, 6) is 0.502. The van der Waals surface area contributed by atoms with Gasteiger partial charge in [0, 0.05) is 5.56 Å². The monoisotopic (exact) mass is 235 g/mol. The molecule has 1 aromatic heterocycles. The van der Waals surface area contributed by atoms with E-state index in [0.29, 0.717) is 23.1 Å². The van der Waals surface area contributed by atoms with Gasteiger partial charge in [-0.2, -0.15) is 0 Å². The highest BCUT2D eigenvalue weighted by Crippen LogP contribution is 2.12. The molecule has 1 heterocycles. The molecule has 0 atom stereocenters. The molecule has 0 radical (unpaired) electrons. The minimum Gasteiger partial charge on any atom is -0.448 e. The molecule has 0 bridgehead atoms. The number of benzene rings is 1. The van der Waals surface area contributed by atoms with Gasteiger partial charge in [-0.1, -0.05) is 18.2 Å². The quantitative estimate of drug-likeness (QED) is 0.889. The maximum Gasteiger partial charge on any atom is 0.251 e. The number of nitrogens with one attached hydrogen (secondary N) is 1. The Morgan fingerprint density at radius 1 is 1.19 bits per heavy atom. The van der Waals surface area contributed by atoms with Crippen molar-refractivity contribution in [3.8, 4) is 0 Å². The van der Waals surface area contributed by atoms with Crippen LogP contribution in [0.25, 0.3) is 0 Å². The number of carbonyl (C=O) groups is 1. The van der Waals surface area contributed by atoms with Crippen molar-refractivity contribution in [2.45, 2.75) is 6.54 Å². The molecule has 0 saturated carbocycles. The number of hydrogen-bond acceptors (Lipinski definition) is 2. The van der Waals surface area contributed by atoms with E-state index in [2.05, 4.69) is 5.32 Å². The van der Waals surface area contributed by atoms with Crippen molar-refractivity contribution in [2.75, 3.05) is 0 Å². The van der Waals surface area contributed by atoms with E-state index in [4.69, 9.17) is 16.0 Å². The zero-order chi connectivity index (χ0) is 11.4. The summed E-state index contributed by atoms with van der Waals surface area (Å²) in [5, 5.41) is 3.06. The van der Waals surface area contributed by atoms with Gasteiger partial charge in [-0.15, -0.1) is 0 Å². The topological polar surface area (TPSA) is 42.2 Å². The molecule has 0 aliphatic heterocycles. The molecule has 16 heavy (non-hydrogen) atoms. The van der Waals surface area contributed by atoms with Crippen molar-refractivity contribution in [3.63, 3.8) is 0 Å². The van der Waals surface area contributed by atoms with Gasteiger partial charge in [-0.3, -0.25) is 4.79 Å². The molecule has 82 valence electrons. The molecule has 0 aliphatic rings. The van der Waals surface area contributed by atoms with Crippen molar-refractivity contribution < 1.29 is 9.21 Å².